The van der Waals surface area contributed by atoms with Crippen molar-refractivity contribution in [3.05, 3.63) is 51.7 Å². The van der Waals surface area contributed by atoms with Crippen LogP contribution >= 0.6 is 11.3 Å². The standard InChI is InChI=1S/C21H26N2O4S/c1-14-7-4-8-15(2)20(14)23-18(24)13-22-21(26)16(3)27-19(25)11-5-9-17-10-6-12-28-17/h4,6-8,10,12,16H,5,9,11,13H2,1-3H3,(H,22,26)(H,23,24). The van der Waals surface area contributed by atoms with Crippen molar-refractivity contribution in [1.82, 2.24) is 5.32 Å². The maximum Gasteiger partial charge on any atom is 0.306 e. The Balaban J connectivity index is 1.69. The van der Waals surface area contributed by atoms with Gasteiger partial charge < -0.3 is 15.4 Å². The molecule has 2 aromatic rings. The van der Waals surface area contributed by atoms with Gasteiger partial charge in [0.2, 0.25) is 5.91 Å². The molecule has 28 heavy (non-hydrogen) atoms. The molecule has 1 aromatic heterocycles. The van der Waals surface area contributed by atoms with E-state index in [2.05, 4.69) is 10.6 Å². The van der Waals surface area contributed by atoms with Crippen molar-refractivity contribution in [2.75, 3.05) is 11.9 Å². The molecule has 0 bridgehead atoms. The van der Waals surface area contributed by atoms with E-state index in [-0.39, 0.29) is 18.9 Å². The smallest absolute Gasteiger partial charge is 0.306 e. The number of anilines is 1. The van der Waals surface area contributed by atoms with Gasteiger partial charge in [-0.3, -0.25) is 14.4 Å². The number of hydrogen-bond donors (Lipinski definition) is 2. The summed E-state index contributed by atoms with van der Waals surface area (Å²) >= 11 is 1.65. The minimum atomic E-state index is -0.942. The number of para-hydroxylation sites is 1. The quantitative estimate of drug-likeness (QED) is 0.630. The van der Waals surface area contributed by atoms with Gasteiger partial charge in [-0.1, -0.05) is 24.3 Å². The van der Waals surface area contributed by atoms with E-state index in [0.717, 1.165) is 23.2 Å². The number of rotatable bonds is 9. The minimum Gasteiger partial charge on any atom is -0.453 e. The van der Waals surface area contributed by atoms with Crippen LogP contribution in [-0.4, -0.2) is 30.4 Å². The van der Waals surface area contributed by atoms with Gasteiger partial charge in [0.1, 0.15) is 0 Å². The Bertz CT molecular complexity index is 798. The molecular weight excluding hydrogens is 376 g/mol. The molecule has 7 heteroatoms. The molecule has 1 aromatic carbocycles. The van der Waals surface area contributed by atoms with Crippen LogP contribution in [0.2, 0.25) is 0 Å². The molecule has 1 unspecified atom stereocenters. The number of benzene rings is 1. The third-order valence-corrected chi connectivity index (χ3v) is 5.17. The summed E-state index contributed by atoms with van der Waals surface area (Å²) in [5.74, 6) is -1.25. The molecule has 150 valence electrons. The van der Waals surface area contributed by atoms with Crippen LogP contribution in [0.5, 0.6) is 0 Å². The molecule has 0 aliphatic heterocycles. The van der Waals surface area contributed by atoms with Crippen molar-refractivity contribution < 1.29 is 19.1 Å². The van der Waals surface area contributed by atoms with Crippen LogP contribution < -0.4 is 10.6 Å². The van der Waals surface area contributed by atoms with Gasteiger partial charge in [-0.15, -0.1) is 11.3 Å². The maximum atomic E-state index is 12.1. The van der Waals surface area contributed by atoms with Gasteiger partial charge in [0.15, 0.2) is 6.10 Å². The van der Waals surface area contributed by atoms with Gasteiger partial charge in [-0.05, 0) is 56.2 Å². The number of ether oxygens (including phenoxy) is 1. The van der Waals surface area contributed by atoms with Crippen LogP contribution in [0, 0.1) is 13.8 Å². The molecule has 2 N–H and O–H groups in total. The Kier molecular flexibility index (Phi) is 8.19. The molecule has 0 aliphatic carbocycles. The largest absolute Gasteiger partial charge is 0.453 e. The lowest BCUT2D eigenvalue weighted by atomic mass is 10.1. The molecule has 0 fully saturated rings. The molecule has 0 radical (unpaired) electrons. The fourth-order valence-electron chi connectivity index (χ4n) is 2.68. The highest BCUT2D eigenvalue weighted by Gasteiger charge is 2.18. The van der Waals surface area contributed by atoms with E-state index in [1.165, 1.54) is 11.8 Å². The van der Waals surface area contributed by atoms with E-state index in [9.17, 15) is 14.4 Å². The summed E-state index contributed by atoms with van der Waals surface area (Å²) < 4.78 is 5.14. The topological polar surface area (TPSA) is 84.5 Å². The minimum absolute atomic E-state index is 0.188. The Morgan fingerprint density at radius 1 is 1.11 bits per heavy atom. The average molecular weight is 403 g/mol. The van der Waals surface area contributed by atoms with Crippen molar-refractivity contribution in [3.8, 4) is 0 Å². The maximum absolute atomic E-state index is 12.1. The first-order chi connectivity index (χ1) is 13.4. The molecule has 2 amide bonds. The third kappa shape index (κ3) is 6.81. The average Bonchev–Trinajstić information content (AvgIpc) is 3.16. The Morgan fingerprint density at radius 3 is 2.46 bits per heavy atom. The normalized spacial score (nSPS) is 11.5. The van der Waals surface area contributed by atoms with E-state index in [1.54, 1.807) is 11.3 Å². The van der Waals surface area contributed by atoms with Gasteiger partial charge in [0, 0.05) is 17.0 Å². The molecule has 0 aliphatic rings. The number of aryl methyl sites for hydroxylation is 3. The zero-order valence-electron chi connectivity index (χ0n) is 16.4. The van der Waals surface area contributed by atoms with E-state index < -0.39 is 18.0 Å². The van der Waals surface area contributed by atoms with Crippen molar-refractivity contribution in [2.45, 2.75) is 46.1 Å². The summed E-state index contributed by atoms with van der Waals surface area (Å²) in [5.41, 5.74) is 2.64. The molecule has 0 saturated heterocycles. The van der Waals surface area contributed by atoms with E-state index in [4.69, 9.17) is 4.74 Å². The number of thiophene rings is 1. The number of carbonyl (C=O) groups is 3. The number of carbonyl (C=O) groups excluding carboxylic acids is 3. The number of nitrogens with one attached hydrogen (secondary N) is 2. The van der Waals surface area contributed by atoms with Crippen LogP contribution in [0.25, 0.3) is 0 Å². The molecule has 0 spiro atoms. The predicted molar refractivity (Wildman–Crippen MR) is 110 cm³/mol. The highest BCUT2D eigenvalue weighted by atomic mass is 32.1. The number of esters is 1. The van der Waals surface area contributed by atoms with Gasteiger partial charge >= 0.3 is 5.97 Å². The third-order valence-electron chi connectivity index (χ3n) is 4.23. The van der Waals surface area contributed by atoms with Crippen LogP contribution in [0.15, 0.2) is 35.7 Å². The monoisotopic (exact) mass is 402 g/mol. The van der Waals surface area contributed by atoms with Crippen LogP contribution in [-0.2, 0) is 25.5 Å². The molecule has 1 heterocycles. The van der Waals surface area contributed by atoms with Gasteiger partial charge in [0.25, 0.3) is 5.91 Å². The zero-order chi connectivity index (χ0) is 20.5. The van der Waals surface area contributed by atoms with Crippen LogP contribution in [0.4, 0.5) is 5.69 Å². The predicted octanol–water partition coefficient (Wildman–Crippen LogP) is 3.37. The first-order valence-corrected chi connectivity index (χ1v) is 10.1. The SMILES string of the molecule is Cc1cccc(C)c1NC(=O)CNC(=O)C(C)OC(=O)CCCc1cccs1. The van der Waals surface area contributed by atoms with Crippen molar-refractivity contribution in [2.24, 2.45) is 0 Å². The Hall–Kier alpha value is -2.67. The zero-order valence-corrected chi connectivity index (χ0v) is 17.2. The summed E-state index contributed by atoms with van der Waals surface area (Å²) in [5, 5.41) is 7.29. The van der Waals surface area contributed by atoms with Crippen molar-refractivity contribution in [3.63, 3.8) is 0 Å². The fourth-order valence-corrected chi connectivity index (χ4v) is 3.43. The van der Waals surface area contributed by atoms with E-state index >= 15 is 0 Å². The summed E-state index contributed by atoms with van der Waals surface area (Å²) in [7, 11) is 0. The highest BCUT2D eigenvalue weighted by Crippen LogP contribution is 2.19. The molecular formula is C21H26N2O4S. The molecule has 6 nitrogen and oxygen atoms in total. The lowest BCUT2D eigenvalue weighted by molar-refractivity contribution is -0.154. The Labute approximate surface area is 169 Å². The van der Waals surface area contributed by atoms with E-state index in [1.807, 2.05) is 49.6 Å². The van der Waals surface area contributed by atoms with Gasteiger partial charge in [-0.2, -0.15) is 0 Å². The van der Waals surface area contributed by atoms with Crippen LogP contribution in [0.3, 0.4) is 0 Å². The van der Waals surface area contributed by atoms with Crippen LogP contribution in [0.1, 0.15) is 35.8 Å². The summed E-state index contributed by atoms with van der Waals surface area (Å²) in [6.45, 7) is 5.12. The Morgan fingerprint density at radius 2 is 1.82 bits per heavy atom. The second kappa shape index (κ2) is 10.6. The van der Waals surface area contributed by atoms with Crippen molar-refractivity contribution in [1.29, 1.82) is 0 Å². The second-order valence-corrected chi connectivity index (χ2v) is 7.63. The summed E-state index contributed by atoms with van der Waals surface area (Å²) in [6, 6.07) is 9.72. The van der Waals surface area contributed by atoms with Crippen molar-refractivity contribution >= 4 is 34.8 Å². The van der Waals surface area contributed by atoms with Gasteiger partial charge in [-0.25, -0.2) is 0 Å². The molecule has 1 atom stereocenters. The summed E-state index contributed by atoms with van der Waals surface area (Å²) in [6.07, 6.45) is 0.794. The second-order valence-electron chi connectivity index (χ2n) is 6.60. The number of hydrogen-bond acceptors (Lipinski definition) is 5. The fraction of sp³-hybridized carbons (Fsp3) is 0.381. The van der Waals surface area contributed by atoms with E-state index in [0.29, 0.717) is 6.42 Å². The molecule has 2 rings (SSSR count). The number of amides is 2. The lowest BCUT2D eigenvalue weighted by Crippen LogP contribution is -2.40. The van der Waals surface area contributed by atoms with Gasteiger partial charge in [0.05, 0.1) is 6.54 Å². The molecule has 0 saturated carbocycles. The first kappa shape index (κ1) is 21.6. The lowest BCUT2D eigenvalue weighted by Gasteiger charge is -2.14. The first-order valence-electron chi connectivity index (χ1n) is 9.22. The highest BCUT2D eigenvalue weighted by molar-refractivity contribution is 7.09. The summed E-state index contributed by atoms with van der Waals surface area (Å²) in [4.78, 5) is 37.2.